The van der Waals surface area contributed by atoms with Crippen LogP contribution in [0.4, 0.5) is 0 Å². The Morgan fingerprint density at radius 3 is 1.92 bits per heavy atom. The van der Waals surface area contributed by atoms with Crippen molar-refractivity contribution in [2.75, 3.05) is 17.8 Å². The maximum absolute atomic E-state index is 14.1. The summed E-state index contributed by atoms with van der Waals surface area (Å²) in [5.41, 5.74) is 1.26. The molecule has 0 bridgehead atoms. The predicted molar refractivity (Wildman–Crippen MR) is 198 cm³/mol. The van der Waals surface area contributed by atoms with E-state index in [4.69, 9.17) is 0 Å². The number of hydrogen-bond acceptors (Lipinski definition) is 9. The molecule has 0 fully saturated rings. The molecule has 0 aliphatic rings. The standard InChI is InChI=1S/C37H50N4O7S2/c1-4-13-29(14-5-2)50(47,48)25-32(41-36(45)28-19-12-21-38-24-28)37(46)40-31(23-26-15-8-6-9-16-26)34(43)33(42)30(20-22-49-3)39-35(44)27-17-10-7-11-18-27/h6-12,15-19,21,24,29-34,42-43H,4-5,13-14,20,22-23,25H2,1-3H3,(H,39,44)(H,40,46)(H,41,45)/t30-,31+,32-,33-,34-/m1/s1. The van der Waals surface area contributed by atoms with Crippen LogP contribution in [-0.4, -0.2) is 94.7 Å². The highest BCUT2D eigenvalue weighted by atomic mass is 32.2. The molecule has 0 unspecified atom stereocenters. The minimum absolute atomic E-state index is 0.0665. The SMILES string of the molecule is CCCC(CCC)S(=O)(=O)C[C@@H](NC(=O)c1cccnc1)C(=O)N[C@@H](Cc1ccccc1)[C@@H](O)[C@H](O)[C@@H](CCSC)NC(=O)c1ccccc1. The fraction of sp³-hybridized carbons (Fsp3) is 0.459. The molecular weight excluding hydrogens is 677 g/mol. The Morgan fingerprint density at radius 2 is 1.34 bits per heavy atom. The average molecular weight is 727 g/mol. The molecule has 11 nitrogen and oxygen atoms in total. The number of nitrogens with one attached hydrogen (secondary N) is 3. The highest BCUT2D eigenvalue weighted by Gasteiger charge is 2.37. The van der Waals surface area contributed by atoms with Gasteiger partial charge in [0.15, 0.2) is 9.84 Å². The van der Waals surface area contributed by atoms with Gasteiger partial charge in [0.25, 0.3) is 11.8 Å². The minimum atomic E-state index is -3.87. The molecule has 0 spiro atoms. The fourth-order valence-corrected chi connectivity index (χ4v) is 8.39. The molecular formula is C37H50N4O7S2. The molecule has 0 aliphatic heterocycles. The van der Waals surface area contributed by atoms with Crippen molar-refractivity contribution in [3.63, 3.8) is 0 Å². The van der Waals surface area contributed by atoms with E-state index in [1.807, 2.05) is 26.2 Å². The summed E-state index contributed by atoms with van der Waals surface area (Å²) >= 11 is 1.51. The van der Waals surface area contributed by atoms with Gasteiger partial charge in [0.1, 0.15) is 18.2 Å². The minimum Gasteiger partial charge on any atom is -0.388 e. The van der Waals surface area contributed by atoms with Crippen molar-refractivity contribution in [1.82, 2.24) is 20.9 Å². The molecule has 3 rings (SSSR count). The van der Waals surface area contributed by atoms with Crippen LogP contribution in [0.2, 0.25) is 0 Å². The monoisotopic (exact) mass is 726 g/mol. The number of aliphatic hydroxyl groups excluding tert-OH is 2. The van der Waals surface area contributed by atoms with Gasteiger partial charge in [0.2, 0.25) is 5.91 Å². The molecule has 272 valence electrons. The van der Waals surface area contributed by atoms with Gasteiger partial charge in [0, 0.05) is 18.0 Å². The number of carbonyl (C=O) groups is 3. The fourth-order valence-electron chi connectivity index (χ4n) is 5.74. The second kappa shape index (κ2) is 20.8. The van der Waals surface area contributed by atoms with E-state index in [-0.39, 0.29) is 12.0 Å². The van der Waals surface area contributed by atoms with Gasteiger partial charge in [-0.2, -0.15) is 11.8 Å². The maximum Gasteiger partial charge on any atom is 0.253 e. The van der Waals surface area contributed by atoms with Gasteiger partial charge in [-0.25, -0.2) is 8.42 Å². The number of aliphatic hydroxyl groups is 2. The van der Waals surface area contributed by atoms with E-state index in [0.717, 1.165) is 5.56 Å². The van der Waals surface area contributed by atoms with E-state index in [0.29, 0.717) is 43.4 Å². The van der Waals surface area contributed by atoms with Gasteiger partial charge in [-0.1, -0.05) is 75.2 Å². The van der Waals surface area contributed by atoms with Crippen LogP contribution in [0.25, 0.3) is 0 Å². The normalized spacial score (nSPS) is 14.6. The quantitative estimate of drug-likeness (QED) is 0.110. The summed E-state index contributed by atoms with van der Waals surface area (Å²) in [6, 6.07) is 17.0. The Bertz CT molecular complexity index is 1580. The van der Waals surface area contributed by atoms with Crippen LogP contribution < -0.4 is 16.0 Å². The van der Waals surface area contributed by atoms with Crippen molar-refractivity contribution >= 4 is 39.3 Å². The molecule has 0 aliphatic carbocycles. The van der Waals surface area contributed by atoms with Crippen molar-refractivity contribution in [2.45, 2.75) is 88.0 Å². The molecule has 50 heavy (non-hydrogen) atoms. The Balaban J connectivity index is 1.95. The molecule has 1 aromatic heterocycles. The summed E-state index contributed by atoms with van der Waals surface area (Å²) in [7, 11) is -3.87. The van der Waals surface area contributed by atoms with Gasteiger partial charge in [-0.05, 0) is 67.5 Å². The average Bonchev–Trinajstić information content (AvgIpc) is 3.13. The summed E-state index contributed by atoms with van der Waals surface area (Å²) in [4.78, 5) is 44.4. The lowest BCUT2D eigenvalue weighted by Crippen LogP contribution is -2.60. The van der Waals surface area contributed by atoms with Crippen molar-refractivity contribution in [3.8, 4) is 0 Å². The summed E-state index contributed by atoms with van der Waals surface area (Å²) < 4.78 is 27.4. The topological polar surface area (TPSA) is 175 Å². The summed E-state index contributed by atoms with van der Waals surface area (Å²) in [5.74, 6) is -2.04. The van der Waals surface area contributed by atoms with Crippen LogP contribution in [0.3, 0.4) is 0 Å². The lowest BCUT2D eigenvalue weighted by atomic mass is 9.92. The Morgan fingerprint density at radius 1 is 0.760 bits per heavy atom. The zero-order valence-corrected chi connectivity index (χ0v) is 30.5. The van der Waals surface area contributed by atoms with Crippen LogP contribution in [0.15, 0.2) is 85.2 Å². The molecule has 0 radical (unpaired) electrons. The first-order valence-corrected chi connectivity index (χ1v) is 20.1. The molecule has 2 aromatic carbocycles. The first-order valence-electron chi connectivity index (χ1n) is 17.0. The Labute approximate surface area is 300 Å². The number of thioether (sulfide) groups is 1. The Kier molecular flexibility index (Phi) is 16.9. The highest BCUT2D eigenvalue weighted by molar-refractivity contribution is 7.98. The largest absolute Gasteiger partial charge is 0.388 e. The van der Waals surface area contributed by atoms with Crippen LogP contribution >= 0.6 is 11.8 Å². The molecule has 0 saturated heterocycles. The van der Waals surface area contributed by atoms with Crippen molar-refractivity contribution < 1.29 is 33.0 Å². The predicted octanol–water partition coefficient (Wildman–Crippen LogP) is 3.56. The molecule has 1 heterocycles. The van der Waals surface area contributed by atoms with Crippen LogP contribution in [-0.2, 0) is 21.1 Å². The smallest absolute Gasteiger partial charge is 0.253 e. The summed E-state index contributed by atoms with van der Waals surface area (Å²) in [6.45, 7) is 3.78. The zero-order chi connectivity index (χ0) is 36.5. The molecule has 5 atom stereocenters. The molecule has 3 amide bonds. The van der Waals surface area contributed by atoms with Gasteiger partial charge in [-0.15, -0.1) is 0 Å². The number of pyridine rings is 1. The molecule has 3 aromatic rings. The first kappa shape index (κ1) is 40.6. The van der Waals surface area contributed by atoms with Gasteiger partial charge in [-0.3, -0.25) is 19.4 Å². The van der Waals surface area contributed by atoms with E-state index >= 15 is 0 Å². The number of nitrogens with zero attached hydrogens (tertiary/aromatic N) is 1. The van der Waals surface area contributed by atoms with Crippen molar-refractivity contribution in [1.29, 1.82) is 0 Å². The Hall–Kier alpha value is -3.78. The van der Waals surface area contributed by atoms with Crippen LogP contribution in [0.1, 0.15) is 72.2 Å². The highest BCUT2D eigenvalue weighted by Crippen LogP contribution is 2.19. The van der Waals surface area contributed by atoms with E-state index in [9.17, 15) is 33.0 Å². The number of aromatic nitrogens is 1. The van der Waals surface area contributed by atoms with Crippen molar-refractivity contribution in [2.24, 2.45) is 0 Å². The van der Waals surface area contributed by atoms with Gasteiger partial charge >= 0.3 is 0 Å². The summed E-state index contributed by atoms with van der Waals surface area (Å²) in [5, 5.41) is 30.8. The van der Waals surface area contributed by atoms with E-state index in [1.165, 1.54) is 30.2 Å². The van der Waals surface area contributed by atoms with Crippen LogP contribution in [0, 0.1) is 0 Å². The second-order valence-electron chi connectivity index (χ2n) is 12.3. The first-order chi connectivity index (χ1) is 24.0. The van der Waals surface area contributed by atoms with Crippen LogP contribution in [0.5, 0.6) is 0 Å². The number of amides is 3. The van der Waals surface area contributed by atoms with Gasteiger partial charge < -0.3 is 26.2 Å². The van der Waals surface area contributed by atoms with E-state index in [1.54, 1.807) is 60.7 Å². The lowest BCUT2D eigenvalue weighted by Gasteiger charge is -2.34. The lowest BCUT2D eigenvalue weighted by molar-refractivity contribution is -0.125. The molecule has 13 heteroatoms. The van der Waals surface area contributed by atoms with Crippen molar-refractivity contribution in [3.05, 3.63) is 102 Å². The second-order valence-corrected chi connectivity index (χ2v) is 15.6. The summed E-state index contributed by atoms with van der Waals surface area (Å²) in [6.07, 6.45) is 4.04. The number of rotatable bonds is 21. The van der Waals surface area contributed by atoms with Gasteiger partial charge in [0.05, 0.1) is 28.6 Å². The third-order valence-electron chi connectivity index (χ3n) is 8.46. The molecule has 5 N–H and O–H groups in total. The number of benzene rings is 2. The van der Waals surface area contributed by atoms with E-state index < -0.39 is 68.9 Å². The number of hydrogen-bond donors (Lipinski definition) is 5. The third-order valence-corrected chi connectivity index (χ3v) is 11.4. The van der Waals surface area contributed by atoms with E-state index in [2.05, 4.69) is 20.9 Å². The number of sulfone groups is 1. The maximum atomic E-state index is 14.1. The molecule has 0 saturated carbocycles. The number of carbonyl (C=O) groups excluding carboxylic acids is 3. The zero-order valence-electron chi connectivity index (χ0n) is 28.9. The third kappa shape index (κ3) is 12.5.